The number of nitrogens with two attached hydrogens (primary N) is 1. The highest BCUT2D eigenvalue weighted by atomic mass is 16.5. The number of anilines is 4. The highest BCUT2D eigenvalue weighted by Crippen LogP contribution is 2.38. The smallest absolute Gasteiger partial charge is 0.227 e. The molecule has 2 aromatic heterocycles. The SMILES string of the molecule is COc1cc(N2CCC(C)CC2)c(N)cc1Nc1ncc(C)c(-c2cn(C)c3ccccc23)n1. The van der Waals surface area contributed by atoms with Gasteiger partial charge in [0.05, 0.1) is 29.9 Å². The molecule has 0 aliphatic carbocycles. The molecule has 1 saturated heterocycles. The van der Waals surface area contributed by atoms with E-state index < -0.39 is 0 Å². The summed E-state index contributed by atoms with van der Waals surface area (Å²) in [5.41, 5.74) is 13.2. The van der Waals surface area contributed by atoms with Gasteiger partial charge in [-0.2, -0.15) is 0 Å². The van der Waals surface area contributed by atoms with Crippen LogP contribution in [0.3, 0.4) is 0 Å². The van der Waals surface area contributed by atoms with Crippen LogP contribution in [0.25, 0.3) is 22.2 Å². The van der Waals surface area contributed by atoms with Crippen LogP contribution in [0.15, 0.2) is 48.8 Å². The number of fused-ring (bicyclic) bond motifs is 1. The van der Waals surface area contributed by atoms with Gasteiger partial charge in [-0.05, 0) is 43.4 Å². The Hall–Kier alpha value is -3.74. The van der Waals surface area contributed by atoms with Gasteiger partial charge in [0.15, 0.2) is 0 Å². The Morgan fingerprint density at radius 1 is 1.15 bits per heavy atom. The standard InChI is InChI=1S/C27H32N6O/c1-17-9-11-33(12-10-17)24-14-25(34-4)22(13-21(24)28)30-27-29-15-18(2)26(31-27)20-16-32(3)23-8-6-5-7-19(20)23/h5-8,13-17H,9-12,28H2,1-4H3,(H,29,30,31). The number of hydrogen-bond acceptors (Lipinski definition) is 6. The molecule has 7 heteroatoms. The summed E-state index contributed by atoms with van der Waals surface area (Å²) in [5, 5.41) is 4.51. The summed E-state index contributed by atoms with van der Waals surface area (Å²) in [6.07, 6.45) is 6.33. The molecule has 34 heavy (non-hydrogen) atoms. The average molecular weight is 457 g/mol. The van der Waals surface area contributed by atoms with E-state index in [9.17, 15) is 0 Å². The molecule has 1 aliphatic heterocycles. The summed E-state index contributed by atoms with van der Waals surface area (Å²) in [4.78, 5) is 11.8. The van der Waals surface area contributed by atoms with E-state index in [2.05, 4.69) is 64.2 Å². The third-order valence-corrected chi connectivity index (χ3v) is 6.84. The molecule has 2 aromatic carbocycles. The zero-order chi connectivity index (χ0) is 23.8. The van der Waals surface area contributed by atoms with Crippen molar-refractivity contribution >= 4 is 33.9 Å². The van der Waals surface area contributed by atoms with Gasteiger partial charge in [0.25, 0.3) is 0 Å². The molecule has 0 spiro atoms. The maximum absolute atomic E-state index is 6.49. The number of ether oxygens (including phenoxy) is 1. The first kappa shape index (κ1) is 22.1. The fourth-order valence-corrected chi connectivity index (χ4v) is 4.80. The van der Waals surface area contributed by atoms with Gasteiger partial charge < -0.3 is 25.3 Å². The number of rotatable bonds is 5. The lowest BCUT2D eigenvalue weighted by atomic mass is 9.98. The summed E-state index contributed by atoms with van der Waals surface area (Å²) in [6.45, 7) is 6.36. The van der Waals surface area contributed by atoms with Crippen LogP contribution in [-0.2, 0) is 7.05 Å². The monoisotopic (exact) mass is 456 g/mol. The number of nitrogens with zero attached hydrogens (tertiary/aromatic N) is 4. The molecular formula is C27H32N6O. The maximum Gasteiger partial charge on any atom is 0.227 e. The third kappa shape index (κ3) is 4.02. The van der Waals surface area contributed by atoms with E-state index in [1.54, 1.807) is 7.11 Å². The van der Waals surface area contributed by atoms with E-state index in [-0.39, 0.29) is 0 Å². The molecule has 0 unspecified atom stereocenters. The van der Waals surface area contributed by atoms with Crippen LogP contribution in [0, 0.1) is 12.8 Å². The van der Waals surface area contributed by atoms with Crippen LogP contribution in [-0.4, -0.2) is 34.7 Å². The van der Waals surface area contributed by atoms with Gasteiger partial charge >= 0.3 is 0 Å². The van der Waals surface area contributed by atoms with Crippen LogP contribution in [0.5, 0.6) is 5.75 Å². The molecule has 0 atom stereocenters. The van der Waals surface area contributed by atoms with Gasteiger partial charge in [0, 0.05) is 55.1 Å². The van der Waals surface area contributed by atoms with Crippen molar-refractivity contribution in [2.24, 2.45) is 13.0 Å². The Bertz CT molecular complexity index is 1340. The number of benzene rings is 2. The Labute approximate surface area is 200 Å². The second-order valence-electron chi connectivity index (χ2n) is 9.30. The molecule has 4 aromatic rings. The van der Waals surface area contributed by atoms with Crippen molar-refractivity contribution in [1.82, 2.24) is 14.5 Å². The van der Waals surface area contributed by atoms with Crippen LogP contribution in [0.2, 0.25) is 0 Å². The van der Waals surface area contributed by atoms with Crippen LogP contribution < -0.4 is 20.7 Å². The fraction of sp³-hybridized carbons (Fsp3) is 0.333. The molecule has 7 nitrogen and oxygen atoms in total. The van der Waals surface area contributed by atoms with E-state index >= 15 is 0 Å². The molecule has 1 aliphatic rings. The maximum atomic E-state index is 6.49. The lowest BCUT2D eigenvalue weighted by Crippen LogP contribution is -2.33. The van der Waals surface area contributed by atoms with E-state index in [0.717, 1.165) is 58.6 Å². The molecule has 1 fully saturated rings. The highest BCUT2D eigenvalue weighted by molar-refractivity contribution is 5.96. The number of nitrogens with one attached hydrogen (secondary N) is 1. The highest BCUT2D eigenvalue weighted by Gasteiger charge is 2.20. The minimum atomic E-state index is 0.505. The van der Waals surface area contributed by atoms with E-state index in [4.69, 9.17) is 15.5 Å². The predicted molar refractivity (Wildman–Crippen MR) is 140 cm³/mol. The zero-order valence-corrected chi connectivity index (χ0v) is 20.3. The summed E-state index contributed by atoms with van der Waals surface area (Å²) >= 11 is 0. The fourth-order valence-electron chi connectivity index (χ4n) is 4.80. The molecule has 0 radical (unpaired) electrons. The zero-order valence-electron chi connectivity index (χ0n) is 20.3. The molecule has 3 N–H and O–H groups in total. The number of nitrogen functional groups attached to an aromatic ring is 1. The van der Waals surface area contributed by atoms with Crippen molar-refractivity contribution < 1.29 is 4.74 Å². The summed E-state index contributed by atoms with van der Waals surface area (Å²) in [7, 11) is 3.73. The Morgan fingerprint density at radius 2 is 1.91 bits per heavy atom. The van der Waals surface area contributed by atoms with Gasteiger partial charge in [-0.15, -0.1) is 0 Å². The molecule has 0 bridgehead atoms. The van der Waals surface area contributed by atoms with Crippen molar-refractivity contribution in [3.05, 3.63) is 54.4 Å². The quantitative estimate of drug-likeness (QED) is 0.385. The van der Waals surface area contributed by atoms with Crippen LogP contribution in [0.1, 0.15) is 25.3 Å². The minimum absolute atomic E-state index is 0.505. The first-order valence-corrected chi connectivity index (χ1v) is 11.8. The summed E-state index contributed by atoms with van der Waals surface area (Å²) in [5.74, 6) is 1.99. The molecular weight excluding hydrogens is 424 g/mol. The second-order valence-corrected chi connectivity index (χ2v) is 9.30. The van der Waals surface area contributed by atoms with Gasteiger partial charge in [-0.3, -0.25) is 0 Å². The Morgan fingerprint density at radius 3 is 2.68 bits per heavy atom. The van der Waals surface area contributed by atoms with Crippen molar-refractivity contribution in [2.75, 3.05) is 36.1 Å². The largest absolute Gasteiger partial charge is 0.494 e. The van der Waals surface area contributed by atoms with E-state index in [0.29, 0.717) is 5.95 Å². The number of aromatic nitrogens is 3. The first-order chi connectivity index (χ1) is 16.4. The average Bonchev–Trinajstić information content (AvgIpc) is 3.18. The Kier molecular flexibility index (Phi) is 5.77. The van der Waals surface area contributed by atoms with Gasteiger partial charge in [-0.1, -0.05) is 25.1 Å². The summed E-state index contributed by atoms with van der Waals surface area (Å²) < 4.78 is 7.85. The van der Waals surface area contributed by atoms with Crippen LogP contribution >= 0.6 is 0 Å². The molecule has 176 valence electrons. The van der Waals surface area contributed by atoms with E-state index in [1.807, 2.05) is 25.3 Å². The molecule has 3 heterocycles. The number of piperidine rings is 1. The first-order valence-electron chi connectivity index (χ1n) is 11.8. The Balaban J connectivity index is 1.48. The topological polar surface area (TPSA) is 81.2 Å². The van der Waals surface area contributed by atoms with Crippen LogP contribution in [0.4, 0.5) is 23.0 Å². The normalized spacial score (nSPS) is 14.5. The number of methoxy groups -OCH3 is 1. The number of aryl methyl sites for hydroxylation is 2. The second kappa shape index (κ2) is 8.89. The predicted octanol–water partition coefficient (Wildman–Crippen LogP) is 5.51. The van der Waals surface area contributed by atoms with Gasteiger partial charge in [0.1, 0.15) is 5.75 Å². The summed E-state index contributed by atoms with van der Waals surface area (Å²) in [6, 6.07) is 12.3. The molecule has 5 rings (SSSR count). The van der Waals surface area contributed by atoms with E-state index in [1.165, 1.54) is 23.7 Å². The van der Waals surface area contributed by atoms with Gasteiger partial charge in [0.2, 0.25) is 5.95 Å². The van der Waals surface area contributed by atoms with Crippen molar-refractivity contribution in [1.29, 1.82) is 0 Å². The molecule has 0 saturated carbocycles. The molecule has 0 amide bonds. The van der Waals surface area contributed by atoms with Crippen molar-refractivity contribution in [2.45, 2.75) is 26.7 Å². The van der Waals surface area contributed by atoms with Gasteiger partial charge in [-0.25, -0.2) is 9.97 Å². The minimum Gasteiger partial charge on any atom is -0.494 e. The van der Waals surface area contributed by atoms with Crippen molar-refractivity contribution in [3.63, 3.8) is 0 Å². The number of para-hydroxylation sites is 1. The lowest BCUT2D eigenvalue weighted by Gasteiger charge is -2.33. The third-order valence-electron chi connectivity index (χ3n) is 6.84. The van der Waals surface area contributed by atoms with Crippen molar-refractivity contribution in [3.8, 4) is 17.0 Å². The lowest BCUT2D eigenvalue weighted by molar-refractivity contribution is 0.415. The number of hydrogen-bond donors (Lipinski definition) is 2.